The minimum absolute atomic E-state index is 0.134. The number of carbonyl (C=O) groups excluding carboxylic acids is 1. The molecule has 0 saturated heterocycles. The first-order valence-electron chi connectivity index (χ1n) is 10.3. The van der Waals surface area contributed by atoms with Crippen molar-refractivity contribution in [2.75, 3.05) is 30.8 Å². The van der Waals surface area contributed by atoms with Crippen molar-refractivity contribution in [1.82, 2.24) is 4.90 Å². The summed E-state index contributed by atoms with van der Waals surface area (Å²) in [5, 5.41) is 0. The van der Waals surface area contributed by atoms with Crippen LogP contribution in [0.4, 0.5) is 11.4 Å². The fraction of sp³-hybridized carbons (Fsp3) is 0.240. The molecule has 0 aliphatic carbocycles. The van der Waals surface area contributed by atoms with E-state index in [1.54, 1.807) is 55.3 Å². The van der Waals surface area contributed by atoms with E-state index in [1.165, 1.54) is 0 Å². The van der Waals surface area contributed by atoms with Crippen molar-refractivity contribution in [2.24, 2.45) is 0 Å². The highest BCUT2D eigenvalue weighted by molar-refractivity contribution is 7.92. The smallest absolute Gasteiger partial charge is 0.262 e. The first kappa shape index (κ1) is 23.3. The van der Waals surface area contributed by atoms with Gasteiger partial charge in [0.2, 0.25) is 0 Å². The molecule has 0 radical (unpaired) electrons. The molecular formula is C25H29N3O3S. The lowest BCUT2D eigenvalue weighted by Gasteiger charge is -2.19. The summed E-state index contributed by atoms with van der Waals surface area (Å²) in [5.74, 6) is -0.134. The van der Waals surface area contributed by atoms with Crippen LogP contribution in [0.25, 0.3) is 0 Å². The average Bonchev–Trinajstić information content (AvgIpc) is 2.75. The van der Waals surface area contributed by atoms with Crippen LogP contribution in [0.3, 0.4) is 0 Å². The molecule has 1 N–H and O–H groups in total. The maximum absolute atomic E-state index is 12.8. The van der Waals surface area contributed by atoms with Crippen molar-refractivity contribution in [3.63, 3.8) is 0 Å². The van der Waals surface area contributed by atoms with Gasteiger partial charge in [-0.05, 0) is 73.0 Å². The van der Waals surface area contributed by atoms with Gasteiger partial charge in [0, 0.05) is 44.6 Å². The Morgan fingerprint density at radius 3 is 2.09 bits per heavy atom. The van der Waals surface area contributed by atoms with Crippen molar-refractivity contribution in [2.45, 2.75) is 25.3 Å². The van der Waals surface area contributed by atoms with E-state index in [9.17, 15) is 13.2 Å². The van der Waals surface area contributed by atoms with Crippen LogP contribution in [0.5, 0.6) is 0 Å². The van der Waals surface area contributed by atoms with E-state index in [4.69, 9.17) is 0 Å². The summed E-state index contributed by atoms with van der Waals surface area (Å²) in [6.45, 7) is 4.10. The van der Waals surface area contributed by atoms with E-state index in [2.05, 4.69) is 4.72 Å². The molecule has 3 aromatic carbocycles. The molecule has 3 rings (SSSR count). The Bertz CT molecular complexity index is 1200. The molecule has 3 aromatic rings. The predicted molar refractivity (Wildman–Crippen MR) is 130 cm³/mol. The number of aryl methyl sites for hydroxylation is 2. The van der Waals surface area contributed by atoms with Gasteiger partial charge in [-0.15, -0.1) is 0 Å². The minimum Gasteiger partial charge on any atom is -0.378 e. The third kappa shape index (κ3) is 5.48. The van der Waals surface area contributed by atoms with Gasteiger partial charge in [-0.3, -0.25) is 9.52 Å². The molecule has 0 saturated carbocycles. The van der Waals surface area contributed by atoms with Crippen LogP contribution in [0.15, 0.2) is 71.6 Å². The fourth-order valence-electron chi connectivity index (χ4n) is 3.35. The topological polar surface area (TPSA) is 69.7 Å². The summed E-state index contributed by atoms with van der Waals surface area (Å²) in [6, 6.07) is 19.8. The van der Waals surface area contributed by atoms with Crippen molar-refractivity contribution in [1.29, 1.82) is 0 Å². The Morgan fingerprint density at radius 2 is 1.50 bits per heavy atom. The molecule has 0 aliphatic rings. The van der Waals surface area contributed by atoms with Crippen LogP contribution < -0.4 is 9.62 Å². The van der Waals surface area contributed by atoms with Gasteiger partial charge in [-0.2, -0.15) is 0 Å². The number of hydrogen-bond donors (Lipinski definition) is 1. The van der Waals surface area contributed by atoms with E-state index in [0.29, 0.717) is 23.4 Å². The normalized spacial score (nSPS) is 11.2. The van der Waals surface area contributed by atoms with Crippen LogP contribution >= 0.6 is 0 Å². The van der Waals surface area contributed by atoms with Gasteiger partial charge in [-0.25, -0.2) is 8.42 Å². The van der Waals surface area contributed by atoms with Crippen LogP contribution in [0.1, 0.15) is 27.0 Å². The predicted octanol–water partition coefficient (Wildman–Crippen LogP) is 4.44. The second-order valence-electron chi connectivity index (χ2n) is 8.17. The van der Waals surface area contributed by atoms with Crippen LogP contribution in [-0.2, 0) is 16.6 Å². The molecule has 1 amide bonds. The average molecular weight is 452 g/mol. The highest BCUT2D eigenvalue weighted by Crippen LogP contribution is 2.21. The minimum atomic E-state index is -3.72. The lowest BCUT2D eigenvalue weighted by molar-refractivity contribution is 0.0785. The molecule has 0 bridgehead atoms. The molecule has 0 spiro atoms. The monoisotopic (exact) mass is 451 g/mol. The zero-order chi connectivity index (χ0) is 23.5. The number of nitrogens with zero attached hydrogens (tertiary/aromatic N) is 2. The van der Waals surface area contributed by atoms with E-state index in [0.717, 1.165) is 16.8 Å². The first-order valence-corrected chi connectivity index (χ1v) is 11.8. The van der Waals surface area contributed by atoms with E-state index >= 15 is 0 Å². The lowest BCUT2D eigenvalue weighted by atomic mass is 10.1. The highest BCUT2D eigenvalue weighted by atomic mass is 32.2. The number of hydrogen-bond acceptors (Lipinski definition) is 4. The van der Waals surface area contributed by atoms with E-state index in [-0.39, 0.29) is 10.8 Å². The molecule has 0 fully saturated rings. The summed E-state index contributed by atoms with van der Waals surface area (Å²) < 4.78 is 28.2. The molecule has 0 atom stereocenters. The molecule has 0 unspecified atom stereocenters. The number of rotatable bonds is 7. The summed E-state index contributed by atoms with van der Waals surface area (Å²) in [6.07, 6.45) is 0. The fourth-order valence-corrected chi connectivity index (χ4v) is 4.74. The summed E-state index contributed by atoms with van der Waals surface area (Å²) >= 11 is 0. The number of anilines is 2. The van der Waals surface area contributed by atoms with Gasteiger partial charge in [0.25, 0.3) is 15.9 Å². The SMILES string of the molecule is Cc1ccc(C)c(S(=O)(=O)Nc2ccc(C(=O)N(C)Cc3ccc(N(C)C)cc3)cc2)c1. The molecule has 0 heterocycles. The Morgan fingerprint density at radius 1 is 0.875 bits per heavy atom. The van der Waals surface area contributed by atoms with Crippen LogP contribution in [-0.4, -0.2) is 40.4 Å². The Balaban J connectivity index is 1.69. The van der Waals surface area contributed by atoms with Gasteiger partial charge >= 0.3 is 0 Å². The van der Waals surface area contributed by atoms with Crippen LogP contribution in [0, 0.1) is 13.8 Å². The zero-order valence-electron chi connectivity index (χ0n) is 19.1. The largest absolute Gasteiger partial charge is 0.378 e. The lowest BCUT2D eigenvalue weighted by Crippen LogP contribution is -2.26. The van der Waals surface area contributed by atoms with Crippen molar-refractivity contribution in [3.8, 4) is 0 Å². The Labute approximate surface area is 190 Å². The summed E-state index contributed by atoms with van der Waals surface area (Å²) in [5.41, 5.74) is 4.58. The van der Waals surface area contributed by atoms with E-state index in [1.807, 2.05) is 56.3 Å². The standard InChI is InChI=1S/C25H29N3O3S/c1-18-6-7-19(2)24(16-18)32(30,31)26-22-12-10-21(11-13-22)25(29)28(5)17-20-8-14-23(15-9-20)27(3)4/h6-16,26H,17H2,1-5H3. The molecule has 7 heteroatoms. The third-order valence-corrected chi connectivity index (χ3v) is 6.76. The molecule has 32 heavy (non-hydrogen) atoms. The Hall–Kier alpha value is -3.32. The van der Waals surface area contributed by atoms with Gasteiger partial charge in [0.15, 0.2) is 0 Å². The van der Waals surface area contributed by atoms with Crippen LogP contribution in [0.2, 0.25) is 0 Å². The second-order valence-corrected chi connectivity index (χ2v) is 9.82. The molecule has 6 nitrogen and oxygen atoms in total. The number of nitrogens with one attached hydrogen (secondary N) is 1. The second kappa shape index (κ2) is 9.44. The van der Waals surface area contributed by atoms with Crippen molar-refractivity contribution >= 4 is 27.3 Å². The molecule has 0 aromatic heterocycles. The number of amides is 1. The van der Waals surface area contributed by atoms with Gasteiger partial charge in [-0.1, -0.05) is 24.3 Å². The van der Waals surface area contributed by atoms with Gasteiger partial charge in [0.05, 0.1) is 4.90 Å². The quantitative estimate of drug-likeness (QED) is 0.577. The molecule has 168 valence electrons. The Kier molecular flexibility index (Phi) is 6.89. The van der Waals surface area contributed by atoms with Crippen molar-refractivity contribution < 1.29 is 13.2 Å². The number of sulfonamides is 1. The van der Waals surface area contributed by atoms with Gasteiger partial charge in [0.1, 0.15) is 0 Å². The molecular weight excluding hydrogens is 422 g/mol. The summed E-state index contributed by atoms with van der Waals surface area (Å²) in [4.78, 5) is 16.7. The number of carbonyl (C=O) groups is 1. The first-order chi connectivity index (χ1) is 15.1. The van der Waals surface area contributed by atoms with Crippen molar-refractivity contribution in [3.05, 3.63) is 89.0 Å². The maximum Gasteiger partial charge on any atom is 0.262 e. The zero-order valence-corrected chi connectivity index (χ0v) is 19.9. The third-order valence-electron chi connectivity index (χ3n) is 5.24. The summed E-state index contributed by atoms with van der Waals surface area (Å²) in [7, 11) is 2.00. The van der Waals surface area contributed by atoms with Gasteiger partial charge < -0.3 is 9.80 Å². The molecule has 0 aliphatic heterocycles. The number of benzene rings is 3. The maximum atomic E-state index is 12.8. The van der Waals surface area contributed by atoms with E-state index < -0.39 is 10.0 Å². The highest BCUT2D eigenvalue weighted by Gasteiger charge is 2.18.